The Morgan fingerprint density at radius 3 is 2.39 bits per heavy atom. The van der Waals surface area contributed by atoms with Crippen LogP contribution in [-0.2, 0) is 9.59 Å². The molecule has 1 aromatic heterocycles. The Morgan fingerprint density at radius 2 is 1.71 bits per heavy atom. The lowest BCUT2D eigenvalue weighted by molar-refractivity contribution is -0.126. The highest BCUT2D eigenvalue weighted by Gasteiger charge is 2.21. The van der Waals surface area contributed by atoms with Gasteiger partial charge in [0.2, 0.25) is 17.8 Å². The van der Waals surface area contributed by atoms with Gasteiger partial charge in [-0.05, 0) is 88.9 Å². The summed E-state index contributed by atoms with van der Waals surface area (Å²) in [4.78, 5) is 39.5. The zero-order chi connectivity index (χ0) is 28.6. The topological polar surface area (TPSA) is 106 Å². The molecule has 10 nitrogen and oxygen atoms in total. The third-order valence-electron chi connectivity index (χ3n) is 6.96. The van der Waals surface area contributed by atoms with Crippen LogP contribution < -0.4 is 20.9 Å². The number of benzene rings is 2. The van der Waals surface area contributed by atoms with Crippen LogP contribution in [0, 0.1) is 0 Å². The predicted molar refractivity (Wildman–Crippen MR) is 162 cm³/mol. The number of anilines is 4. The van der Waals surface area contributed by atoms with Crippen LogP contribution in [-0.4, -0.2) is 64.8 Å². The van der Waals surface area contributed by atoms with Crippen molar-refractivity contribution in [1.29, 1.82) is 0 Å². The molecule has 3 heterocycles. The highest BCUT2D eigenvalue weighted by atomic mass is 16.2. The maximum Gasteiger partial charge on any atom is 0.241 e. The second-order valence-electron chi connectivity index (χ2n) is 10.4. The number of carbonyl (C=O) groups is 2. The summed E-state index contributed by atoms with van der Waals surface area (Å²) in [5.74, 6) is 0.576. The minimum atomic E-state index is -0.115. The van der Waals surface area contributed by atoms with Crippen LogP contribution in [0.15, 0.2) is 85.6 Å². The fourth-order valence-electron chi connectivity index (χ4n) is 4.69. The number of carbonyl (C=O) groups excluding carboxylic acids is 2. The molecule has 10 heteroatoms. The number of nitrogens with zero attached hydrogens (tertiary/aromatic N) is 5. The molecule has 212 valence electrons. The first-order valence-corrected chi connectivity index (χ1v) is 13.9. The molecular formula is C31H36N8O2. The lowest BCUT2D eigenvalue weighted by atomic mass is 10.1. The average Bonchev–Trinajstić information content (AvgIpc) is 3.54. The summed E-state index contributed by atoms with van der Waals surface area (Å²) < 4.78 is 0. The summed E-state index contributed by atoms with van der Waals surface area (Å²) in [5, 5.41) is 9.46. The number of hydrogen-bond donors (Lipinski definition) is 3. The minimum Gasteiger partial charge on any atom is -0.325 e. The van der Waals surface area contributed by atoms with Crippen molar-refractivity contribution in [2.45, 2.75) is 31.7 Å². The molecule has 2 amide bonds. The van der Waals surface area contributed by atoms with Gasteiger partial charge in [-0.2, -0.15) is 0 Å². The first-order valence-electron chi connectivity index (χ1n) is 13.9. The van der Waals surface area contributed by atoms with Crippen LogP contribution in [0.1, 0.15) is 25.7 Å². The molecule has 2 aromatic carbocycles. The molecule has 2 aliphatic rings. The zero-order valence-electron chi connectivity index (χ0n) is 23.5. The third-order valence-corrected chi connectivity index (χ3v) is 6.96. The van der Waals surface area contributed by atoms with Crippen molar-refractivity contribution in [3.63, 3.8) is 0 Å². The van der Waals surface area contributed by atoms with Gasteiger partial charge in [-0.25, -0.2) is 9.97 Å². The molecule has 0 saturated carbocycles. The lowest BCUT2D eigenvalue weighted by Gasteiger charge is -2.24. The summed E-state index contributed by atoms with van der Waals surface area (Å²) in [7, 11) is 4.01. The molecule has 0 spiro atoms. The van der Waals surface area contributed by atoms with Crippen LogP contribution in [0.3, 0.4) is 0 Å². The molecule has 1 fully saturated rings. The molecule has 41 heavy (non-hydrogen) atoms. The standard InChI is InChI=1S/C31H36N8O2/c1-37(2)18-4-6-29(40)39-21-19-38(20-22-39)26-13-11-25(12-14-26)35-31-33-17-15-27(36-31)23-7-9-24(10-8-23)34-30(41)28-5-3-16-32-28/h7-15,17,19-22,28,32H,3-6,16,18H2,1-2H3,(H,34,41)(H,33,35,36)/t28-/m1/s1. The van der Waals surface area contributed by atoms with Crippen LogP contribution in [0.5, 0.6) is 0 Å². The molecule has 5 rings (SSSR count). The molecule has 3 N–H and O–H groups in total. The van der Waals surface area contributed by atoms with Gasteiger partial charge in [0.1, 0.15) is 0 Å². The highest BCUT2D eigenvalue weighted by molar-refractivity contribution is 5.95. The van der Waals surface area contributed by atoms with E-state index in [0.29, 0.717) is 12.4 Å². The van der Waals surface area contributed by atoms with Gasteiger partial charge in [0, 0.05) is 60.0 Å². The summed E-state index contributed by atoms with van der Waals surface area (Å²) >= 11 is 0. The first kappa shape index (κ1) is 28.0. The molecule has 0 aliphatic carbocycles. The van der Waals surface area contributed by atoms with E-state index in [1.54, 1.807) is 23.5 Å². The number of hydrogen-bond acceptors (Lipinski definition) is 8. The molecule has 1 atom stereocenters. The summed E-state index contributed by atoms with van der Waals surface area (Å²) in [5.41, 5.74) is 4.29. The molecule has 0 bridgehead atoms. The van der Waals surface area contributed by atoms with Gasteiger partial charge in [0.15, 0.2) is 0 Å². The van der Waals surface area contributed by atoms with Crippen molar-refractivity contribution >= 4 is 34.8 Å². The smallest absolute Gasteiger partial charge is 0.241 e. The Hall–Kier alpha value is -4.54. The van der Waals surface area contributed by atoms with Gasteiger partial charge in [-0.1, -0.05) is 12.1 Å². The Balaban J connectivity index is 1.15. The van der Waals surface area contributed by atoms with Gasteiger partial charge < -0.3 is 25.8 Å². The lowest BCUT2D eigenvalue weighted by Crippen LogP contribution is -2.35. The second-order valence-corrected chi connectivity index (χ2v) is 10.4. The van der Waals surface area contributed by atoms with Crippen LogP contribution >= 0.6 is 0 Å². The zero-order valence-corrected chi connectivity index (χ0v) is 23.5. The van der Waals surface area contributed by atoms with Crippen LogP contribution in [0.4, 0.5) is 23.0 Å². The molecule has 2 aliphatic heterocycles. The minimum absolute atomic E-state index is 0.00496. The predicted octanol–water partition coefficient (Wildman–Crippen LogP) is 4.51. The van der Waals surface area contributed by atoms with E-state index in [1.165, 1.54) is 0 Å². The average molecular weight is 553 g/mol. The Kier molecular flexibility index (Phi) is 9.02. The van der Waals surface area contributed by atoms with E-state index in [9.17, 15) is 9.59 Å². The third kappa shape index (κ3) is 7.56. The van der Waals surface area contributed by atoms with E-state index in [1.807, 2.05) is 86.0 Å². The van der Waals surface area contributed by atoms with E-state index >= 15 is 0 Å². The van der Waals surface area contributed by atoms with Crippen molar-refractivity contribution in [3.8, 4) is 11.3 Å². The Labute approximate surface area is 240 Å². The number of rotatable bonds is 10. The molecular weight excluding hydrogens is 516 g/mol. The normalized spacial score (nSPS) is 16.3. The van der Waals surface area contributed by atoms with Crippen LogP contribution in [0.2, 0.25) is 0 Å². The SMILES string of the molecule is CN(C)CCCC(=O)N1C=CN(c2ccc(Nc3nccc(-c4ccc(NC(=O)[C@H]5CCCN5)cc4)n3)cc2)C=C1. The molecule has 0 radical (unpaired) electrons. The number of amides is 2. The number of aromatic nitrogens is 2. The van der Waals surface area contributed by atoms with E-state index in [4.69, 9.17) is 0 Å². The van der Waals surface area contributed by atoms with E-state index in [2.05, 4.69) is 30.8 Å². The van der Waals surface area contributed by atoms with Crippen LogP contribution in [0.25, 0.3) is 11.3 Å². The van der Waals surface area contributed by atoms with Gasteiger partial charge in [-0.15, -0.1) is 0 Å². The molecule has 3 aromatic rings. The van der Waals surface area contributed by atoms with Crippen molar-refractivity contribution in [3.05, 3.63) is 85.6 Å². The van der Waals surface area contributed by atoms with Crippen molar-refractivity contribution in [1.82, 2.24) is 25.1 Å². The second kappa shape index (κ2) is 13.2. The van der Waals surface area contributed by atoms with Crippen molar-refractivity contribution in [2.24, 2.45) is 0 Å². The fourth-order valence-corrected chi connectivity index (χ4v) is 4.69. The van der Waals surface area contributed by atoms with Crippen molar-refractivity contribution in [2.75, 3.05) is 42.7 Å². The summed E-state index contributed by atoms with van der Waals surface area (Å²) in [6.45, 7) is 1.78. The van der Waals surface area contributed by atoms with Crippen molar-refractivity contribution < 1.29 is 9.59 Å². The van der Waals surface area contributed by atoms with E-state index in [0.717, 1.165) is 60.7 Å². The quantitative estimate of drug-likeness (QED) is 0.338. The summed E-state index contributed by atoms with van der Waals surface area (Å²) in [6, 6.07) is 17.3. The Morgan fingerprint density at radius 1 is 0.976 bits per heavy atom. The van der Waals surface area contributed by atoms with Gasteiger partial charge in [-0.3, -0.25) is 14.5 Å². The van der Waals surface area contributed by atoms with Gasteiger partial charge >= 0.3 is 0 Å². The van der Waals surface area contributed by atoms with E-state index in [-0.39, 0.29) is 17.9 Å². The van der Waals surface area contributed by atoms with Gasteiger partial charge in [0.25, 0.3) is 0 Å². The maximum absolute atomic E-state index is 12.4. The largest absolute Gasteiger partial charge is 0.325 e. The maximum atomic E-state index is 12.4. The molecule has 1 saturated heterocycles. The summed E-state index contributed by atoms with van der Waals surface area (Å²) in [6.07, 6.45) is 12.3. The number of nitrogens with one attached hydrogen (secondary N) is 3. The van der Waals surface area contributed by atoms with E-state index < -0.39 is 0 Å². The molecule has 0 unspecified atom stereocenters. The fraction of sp³-hybridized carbons (Fsp3) is 0.290. The monoisotopic (exact) mass is 552 g/mol. The highest BCUT2D eigenvalue weighted by Crippen LogP contribution is 2.24. The Bertz CT molecular complexity index is 1380. The first-order chi connectivity index (χ1) is 19.9. The van der Waals surface area contributed by atoms with Gasteiger partial charge in [0.05, 0.1) is 11.7 Å².